The van der Waals surface area contributed by atoms with Gasteiger partial charge < -0.3 is 19.3 Å². The summed E-state index contributed by atoms with van der Waals surface area (Å²) < 4.78 is 15.9. The number of aromatic nitrogens is 2. The number of hydrogen-bond donors (Lipinski definition) is 1. The van der Waals surface area contributed by atoms with Crippen molar-refractivity contribution in [3.05, 3.63) is 59.5 Å². The predicted molar refractivity (Wildman–Crippen MR) is 99.9 cm³/mol. The number of rotatable bonds is 6. The van der Waals surface area contributed by atoms with E-state index in [9.17, 15) is 4.79 Å². The highest BCUT2D eigenvalue weighted by Gasteiger charge is 2.19. The van der Waals surface area contributed by atoms with E-state index in [0.717, 1.165) is 11.1 Å². The first-order valence-corrected chi connectivity index (χ1v) is 8.46. The van der Waals surface area contributed by atoms with E-state index in [1.165, 1.54) is 0 Å². The Kier molecular flexibility index (Phi) is 5.40. The van der Waals surface area contributed by atoms with Crippen molar-refractivity contribution in [3.8, 4) is 22.9 Å². The fraction of sp³-hybridized carbons (Fsp3) is 0.250. The van der Waals surface area contributed by atoms with E-state index in [1.807, 2.05) is 31.2 Å². The van der Waals surface area contributed by atoms with Gasteiger partial charge in [0.05, 0.1) is 14.2 Å². The summed E-state index contributed by atoms with van der Waals surface area (Å²) in [6.07, 6.45) is 0. The third kappa shape index (κ3) is 3.92. The van der Waals surface area contributed by atoms with Gasteiger partial charge in [0.2, 0.25) is 11.7 Å². The molecule has 1 amide bonds. The lowest BCUT2D eigenvalue weighted by Gasteiger charge is -2.11. The number of ether oxygens (including phenoxy) is 2. The van der Waals surface area contributed by atoms with Crippen LogP contribution in [0.1, 0.15) is 34.8 Å². The minimum Gasteiger partial charge on any atom is -0.493 e. The molecule has 0 bridgehead atoms. The second kappa shape index (κ2) is 7.90. The third-order valence-corrected chi connectivity index (χ3v) is 4.19. The Bertz CT molecular complexity index is 952. The average Bonchev–Trinajstić information content (AvgIpc) is 3.18. The zero-order valence-electron chi connectivity index (χ0n) is 15.6. The SMILES string of the molecule is COc1ccc(-c2noc([C@@H](C)NC(=O)c3ccccc3C)n2)cc1OC. The van der Waals surface area contributed by atoms with Crippen molar-refractivity contribution in [1.29, 1.82) is 0 Å². The van der Waals surface area contributed by atoms with Crippen LogP contribution in [-0.4, -0.2) is 30.3 Å². The van der Waals surface area contributed by atoms with Crippen molar-refractivity contribution < 1.29 is 18.8 Å². The molecule has 0 radical (unpaired) electrons. The number of aryl methyl sites for hydroxylation is 1. The molecule has 0 saturated heterocycles. The number of amides is 1. The van der Waals surface area contributed by atoms with Gasteiger partial charge in [-0.25, -0.2) is 0 Å². The highest BCUT2D eigenvalue weighted by molar-refractivity contribution is 5.95. The van der Waals surface area contributed by atoms with Gasteiger partial charge in [0.25, 0.3) is 5.91 Å². The third-order valence-electron chi connectivity index (χ3n) is 4.19. The topological polar surface area (TPSA) is 86.5 Å². The molecule has 3 rings (SSSR count). The van der Waals surface area contributed by atoms with E-state index >= 15 is 0 Å². The maximum absolute atomic E-state index is 12.4. The van der Waals surface area contributed by atoms with Crippen molar-refractivity contribution in [1.82, 2.24) is 15.5 Å². The second-order valence-corrected chi connectivity index (χ2v) is 6.04. The molecule has 27 heavy (non-hydrogen) atoms. The number of hydrogen-bond acceptors (Lipinski definition) is 6. The Labute approximate surface area is 157 Å². The number of benzene rings is 2. The van der Waals surface area contributed by atoms with Gasteiger partial charge in [-0.3, -0.25) is 4.79 Å². The van der Waals surface area contributed by atoms with Gasteiger partial charge in [-0.15, -0.1) is 0 Å². The van der Waals surface area contributed by atoms with Crippen LogP contribution in [0.15, 0.2) is 47.0 Å². The largest absolute Gasteiger partial charge is 0.493 e. The lowest BCUT2D eigenvalue weighted by atomic mass is 10.1. The Balaban J connectivity index is 1.77. The lowest BCUT2D eigenvalue weighted by molar-refractivity contribution is 0.0932. The van der Waals surface area contributed by atoms with Gasteiger partial charge in [0.1, 0.15) is 6.04 Å². The summed E-state index contributed by atoms with van der Waals surface area (Å²) in [4.78, 5) is 16.8. The standard InChI is InChI=1S/C20H21N3O4/c1-12-7-5-6-8-15(12)19(24)21-13(2)20-22-18(23-27-20)14-9-10-16(25-3)17(11-14)26-4/h5-11,13H,1-4H3,(H,21,24)/t13-/m1/s1. The number of nitrogens with one attached hydrogen (secondary N) is 1. The van der Waals surface area contributed by atoms with Crippen LogP contribution in [0.25, 0.3) is 11.4 Å². The smallest absolute Gasteiger partial charge is 0.252 e. The molecule has 3 aromatic rings. The molecule has 1 N–H and O–H groups in total. The van der Waals surface area contributed by atoms with Crippen molar-refractivity contribution >= 4 is 5.91 Å². The fourth-order valence-electron chi connectivity index (χ4n) is 2.67. The Morgan fingerprint density at radius 1 is 1.11 bits per heavy atom. The molecule has 140 valence electrons. The Morgan fingerprint density at radius 2 is 1.85 bits per heavy atom. The highest BCUT2D eigenvalue weighted by atomic mass is 16.5. The van der Waals surface area contributed by atoms with Crippen LogP contribution in [0.4, 0.5) is 0 Å². The Morgan fingerprint density at radius 3 is 2.56 bits per heavy atom. The molecule has 0 spiro atoms. The van der Waals surface area contributed by atoms with Crippen LogP contribution < -0.4 is 14.8 Å². The van der Waals surface area contributed by atoms with Crippen LogP contribution in [0, 0.1) is 6.92 Å². The monoisotopic (exact) mass is 367 g/mol. The van der Waals surface area contributed by atoms with E-state index in [2.05, 4.69) is 15.5 Å². The van der Waals surface area contributed by atoms with E-state index in [1.54, 1.807) is 39.3 Å². The van der Waals surface area contributed by atoms with Crippen LogP contribution >= 0.6 is 0 Å². The van der Waals surface area contributed by atoms with E-state index in [4.69, 9.17) is 14.0 Å². The molecule has 0 fully saturated rings. The molecule has 1 atom stereocenters. The maximum Gasteiger partial charge on any atom is 0.252 e. The van der Waals surface area contributed by atoms with Crippen LogP contribution in [0.2, 0.25) is 0 Å². The molecular formula is C20H21N3O4. The maximum atomic E-state index is 12.4. The molecule has 0 aliphatic rings. The van der Waals surface area contributed by atoms with E-state index in [0.29, 0.717) is 28.8 Å². The number of carbonyl (C=O) groups excluding carboxylic acids is 1. The number of carbonyl (C=O) groups is 1. The first kappa shape index (κ1) is 18.4. The molecule has 0 unspecified atom stereocenters. The number of nitrogens with zero attached hydrogens (tertiary/aromatic N) is 2. The summed E-state index contributed by atoms with van der Waals surface area (Å²) >= 11 is 0. The van der Waals surface area contributed by atoms with Crippen LogP contribution in [0.3, 0.4) is 0 Å². The van der Waals surface area contributed by atoms with Crippen molar-refractivity contribution in [2.75, 3.05) is 14.2 Å². The van der Waals surface area contributed by atoms with Gasteiger partial charge in [0, 0.05) is 11.1 Å². The number of methoxy groups -OCH3 is 2. The first-order chi connectivity index (χ1) is 13.0. The second-order valence-electron chi connectivity index (χ2n) is 6.04. The summed E-state index contributed by atoms with van der Waals surface area (Å²) in [6.45, 7) is 3.68. The van der Waals surface area contributed by atoms with Crippen molar-refractivity contribution in [2.24, 2.45) is 0 Å². The summed E-state index contributed by atoms with van der Waals surface area (Å²) in [6, 6.07) is 12.3. The molecule has 0 saturated carbocycles. The molecule has 2 aromatic carbocycles. The normalized spacial score (nSPS) is 11.7. The van der Waals surface area contributed by atoms with Crippen molar-refractivity contribution in [3.63, 3.8) is 0 Å². The van der Waals surface area contributed by atoms with E-state index in [-0.39, 0.29) is 5.91 Å². The molecule has 0 aliphatic carbocycles. The lowest BCUT2D eigenvalue weighted by Crippen LogP contribution is -2.27. The van der Waals surface area contributed by atoms with Gasteiger partial charge >= 0.3 is 0 Å². The molecule has 7 nitrogen and oxygen atoms in total. The zero-order chi connectivity index (χ0) is 19.4. The minimum absolute atomic E-state index is 0.188. The van der Waals surface area contributed by atoms with Gasteiger partial charge in [-0.2, -0.15) is 4.98 Å². The summed E-state index contributed by atoms with van der Waals surface area (Å²) in [7, 11) is 3.13. The highest BCUT2D eigenvalue weighted by Crippen LogP contribution is 2.31. The summed E-state index contributed by atoms with van der Waals surface area (Å²) in [5, 5.41) is 6.88. The molecule has 1 aromatic heterocycles. The van der Waals surface area contributed by atoms with Crippen LogP contribution in [0.5, 0.6) is 11.5 Å². The zero-order valence-corrected chi connectivity index (χ0v) is 15.6. The molecule has 0 aliphatic heterocycles. The average molecular weight is 367 g/mol. The van der Waals surface area contributed by atoms with Gasteiger partial charge in [0.15, 0.2) is 11.5 Å². The van der Waals surface area contributed by atoms with Crippen LogP contribution in [-0.2, 0) is 0 Å². The quantitative estimate of drug-likeness (QED) is 0.717. The van der Waals surface area contributed by atoms with Gasteiger partial charge in [-0.1, -0.05) is 23.4 Å². The van der Waals surface area contributed by atoms with Gasteiger partial charge in [-0.05, 0) is 43.7 Å². The Hall–Kier alpha value is -3.35. The molecule has 1 heterocycles. The summed E-state index contributed by atoms with van der Waals surface area (Å²) in [5.74, 6) is 1.72. The fourth-order valence-corrected chi connectivity index (χ4v) is 2.67. The minimum atomic E-state index is -0.432. The first-order valence-electron chi connectivity index (χ1n) is 8.46. The predicted octanol–water partition coefficient (Wildman–Crippen LogP) is 3.55. The van der Waals surface area contributed by atoms with E-state index < -0.39 is 6.04 Å². The molecular weight excluding hydrogens is 346 g/mol. The molecule has 7 heteroatoms. The van der Waals surface area contributed by atoms with Crippen molar-refractivity contribution in [2.45, 2.75) is 19.9 Å². The summed E-state index contributed by atoms with van der Waals surface area (Å²) in [5.41, 5.74) is 2.24.